The molecular weight excluding hydrogens is 232 g/mol. The number of hydrogen-bond donors (Lipinski definition) is 0. The highest BCUT2D eigenvalue weighted by atomic mass is 15.2. The van der Waals surface area contributed by atoms with Crippen molar-refractivity contribution >= 4 is 0 Å². The Morgan fingerprint density at radius 2 is 1.79 bits per heavy atom. The van der Waals surface area contributed by atoms with Gasteiger partial charge in [-0.1, -0.05) is 6.92 Å². The Labute approximate surface area is 119 Å². The van der Waals surface area contributed by atoms with Gasteiger partial charge in [-0.15, -0.1) is 0 Å². The normalized spacial score (nSPS) is 33.5. The Hall–Kier alpha value is -0.0800. The van der Waals surface area contributed by atoms with Crippen LogP contribution in [0.4, 0.5) is 0 Å². The average molecular weight is 264 g/mol. The van der Waals surface area contributed by atoms with Crippen molar-refractivity contribution in [2.75, 3.05) is 33.2 Å². The van der Waals surface area contributed by atoms with Crippen LogP contribution in [0.2, 0.25) is 0 Å². The van der Waals surface area contributed by atoms with Crippen molar-refractivity contribution in [1.29, 1.82) is 0 Å². The molecule has 1 unspecified atom stereocenters. The van der Waals surface area contributed by atoms with E-state index >= 15 is 0 Å². The predicted molar refractivity (Wildman–Crippen MR) is 81.4 cm³/mol. The molecule has 0 radical (unpaired) electrons. The van der Waals surface area contributed by atoms with E-state index in [-0.39, 0.29) is 0 Å². The summed E-state index contributed by atoms with van der Waals surface area (Å²) in [6.45, 7) is 7.89. The van der Waals surface area contributed by atoms with Gasteiger partial charge in [-0.25, -0.2) is 0 Å². The summed E-state index contributed by atoms with van der Waals surface area (Å²) in [5.74, 6) is 1.98. The first kappa shape index (κ1) is 13.9. The van der Waals surface area contributed by atoms with Crippen LogP contribution in [0, 0.1) is 11.8 Å². The molecule has 1 aliphatic carbocycles. The van der Waals surface area contributed by atoms with Crippen LogP contribution in [0.5, 0.6) is 0 Å². The quantitative estimate of drug-likeness (QED) is 0.771. The van der Waals surface area contributed by atoms with Gasteiger partial charge in [0, 0.05) is 5.54 Å². The second kappa shape index (κ2) is 5.73. The summed E-state index contributed by atoms with van der Waals surface area (Å²) in [7, 11) is 2.27. The van der Waals surface area contributed by atoms with Crippen molar-refractivity contribution in [3.63, 3.8) is 0 Å². The first-order valence-electron chi connectivity index (χ1n) is 8.61. The monoisotopic (exact) mass is 264 g/mol. The lowest BCUT2D eigenvalue weighted by atomic mass is 9.67. The summed E-state index contributed by atoms with van der Waals surface area (Å²) in [4.78, 5) is 5.39. The minimum atomic E-state index is 0.656. The van der Waals surface area contributed by atoms with Gasteiger partial charge in [-0.3, -0.25) is 4.90 Å². The van der Waals surface area contributed by atoms with E-state index in [1.54, 1.807) is 0 Å². The first-order valence-corrected chi connectivity index (χ1v) is 8.61. The van der Waals surface area contributed by atoms with Crippen LogP contribution in [-0.2, 0) is 0 Å². The average Bonchev–Trinajstić information content (AvgIpc) is 2.37. The number of rotatable bonds is 3. The third-order valence-corrected chi connectivity index (χ3v) is 6.22. The first-order chi connectivity index (χ1) is 9.18. The SMILES string of the molecule is CC1CCN(CCC2CCN(C)CC2)C2(CCC2)C1. The Bertz CT molecular complexity index is 290. The van der Waals surface area contributed by atoms with Crippen molar-refractivity contribution in [2.45, 2.75) is 63.8 Å². The molecule has 2 nitrogen and oxygen atoms in total. The van der Waals surface area contributed by atoms with Crippen molar-refractivity contribution in [1.82, 2.24) is 9.80 Å². The molecule has 0 amide bonds. The smallest absolute Gasteiger partial charge is 0.0212 e. The fraction of sp³-hybridized carbons (Fsp3) is 1.00. The molecule has 2 saturated heterocycles. The van der Waals surface area contributed by atoms with E-state index in [0.29, 0.717) is 5.54 Å². The number of likely N-dealkylation sites (tertiary alicyclic amines) is 2. The highest BCUT2D eigenvalue weighted by molar-refractivity contribution is 5.01. The number of nitrogens with zero attached hydrogens (tertiary/aromatic N) is 2. The molecule has 0 aromatic rings. The van der Waals surface area contributed by atoms with Gasteiger partial charge in [0.25, 0.3) is 0 Å². The maximum Gasteiger partial charge on any atom is 0.0212 e. The molecule has 3 rings (SSSR count). The van der Waals surface area contributed by atoms with Crippen LogP contribution in [0.3, 0.4) is 0 Å². The maximum absolute atomic E-state index is 2.90. The molecule has 2 heteroatoms. The molecule has 1 atom stereocenters. The molecule has 0 aromatic carbocycles. The van der Waals surface area contributed by atoms with Gasteiger partial charge >= 0.3 is 0 Å². The van der Waals surface area contributed by atoms with Crippen molar-refractivity contribution in [3.05, 3.63) is 0 Å². The van der Waals surface area contributed by atoms with Gasteiger partial charge in [0.2, 0.25) is 0 Å². The molecule has 1 saturated carbocycles. The van der Waals surface area contributed by atoms with Gasteiger partial charge in [-0.05, 0) is 96.4 Å². The van der Waals surface area contributed by atoms with Crippen LogP contribution in [0.25, 0.3) is 0 Å². The molecule has 2 aliphatic heterocycles. The number of piperidine rings is 2. The zero-order valence-electron chi connectivity index (χ0n) is 13.0. The van der Waals surface area contributed by atoms with Gasteiger partial charge in [0.1, 0.15) is 0 Å². The number of hydrogen-bond acceptors (Lipinski definition) is 2. The van der Waals surface area contributed by atoms with E-state index in [1.807, 2.05) is 0 Å². The van der Waals surface area contributed by atoms with Crippen molar-refractivity contribution in [3.8, 4) is 0 Å². The molecule has 0 N–H and O–H groups in total. The summed E-state index contributed by atoms with van der Waals surface area (Å²) in [6.07, 6.45) is 11.7. The molecule has 3 fully saturated rings. The van der Waals surface area contributed by atoms with Gasteiger partial charge < -0.3 is 4.90 Å². The highest BCUT2D eigenvalue weighted by Gasteiger charge is 2.45. The summed E-state index contributed by atoms with van der Waals surface area (Å²) < 4.78 is 0. The van der Waals surface area contributed by atoms with E-state index in [1.165, 1.54) is 77.5 Å². The highest BCUT2D eigenvalue weighted by Crippen LogP contribution is 2.46. The summed E-state index contributed by atoms with van der Waals surface area (Å²) in [6, 6.07) is 0. The lowest BCUT2D eigenvalue weighted by molar-refractivity contribution is -0.0384. The van der Waals surface area contributed by atoms with E-state index in [0.717, 1.165) is 11.8 Å². The lowest BCUT2D eigenvalue weighted by Gasteiger charge is -2.55. The van der Waals surface area contributed by atoms with E-state index in [4.69, 9.17) is 0 Å². The summed E-state index contributed by atoms with van der Waals surface area (Å²) >= 11 is 0. The second-order valence-electron chi connectivity index (χ2n) is 7.70. The second-order valence-corrected chi connectivity index (χ2v) is 7.70. The molecule has 2 heterocycles. The standard InChI is InChI=1S/C17H32N2/c1-15-4-12-19(17(14-15)8-3-9-17)13-7-16-5-10-18(2)11-6-16/h15-16H,3-14H2,1-2H3. The van der Waals surface area contributed by atoms with E-state index < -0.39 is 0 Å². The van der Waals surface area contributed by atoms with Crippen LogP contribution >= 0.6 is 0 Å². The zero-order valence-corrected chi connectivity index (χ0v) is 13.0. The minimum absolute atomic E-state index is 0.656. The Balaban J connectivity index is 1.49. The predicted octanol–water partition coefficient (Wildman–Crippen LogP) is 3.37. The third kappa shape index (κ3) is 3.00. The molecule has 3 aliphatic rings. The van der Waals surface area contributed by atoms with Crippen molar-refractivity contribution < 1.29 is 0 Å². The largest absolute Gasteiger partial charge is 0.306 e. The van der Waals surface area contributed by atoms with Crippen LogP contribution in [-0.4, -0.2) is 48.6 Å². The van der Waals surface area contributed by atoms with Gasteiger partial charge in [-0.2, -0.15) is 0 Å². The van der Waals surface area contributed by atoms with E-state index in [9.17, 15) is 0 Å². The topological polar surface area (TPSA) is 6.48 Å². The van der Waals surface area contributed by atoms with Crippen LogP contribution < -0.4 is 0 Å². The summed E-state index contributed by atoms with van der Waals surface area (Å²) in [5, 5.41) is 0. The third-order valence-electron chi connectivity index (χ3n) is 6.22. The van der Waals surface area contributed by atoms with Crippen LogP contribution in [0.15, 0.2) is 0 Å². The lowest BCUT2D eigenvalue weighted by Crippen LogP contribution is -2.58. The molecule has 1 spiro atoms. The molecule has 0 aromatic heterocycles. The molecule has 110 valence electrons. The zero-order chi connectivity index (χ0) is 13.3. The summed E-state index contributed by atoms with van der Waals surface area (Å²) in [5.41, 5.74) is 0.656. The Morgan fingerprint density at radius 3 is 2.42 bits per heavy atom. The molecular formula is C17H32N2. The van der Waals surface area contributed by atoms with E-state index in [2.05, 4.69) is 23.8 Å². The molecule has 19 heavy (non-hydrogen) atoms. The Kier molecular flexibility index (Phi) is 4.19. The fourth-order valence-corrected chi connectivity index (χ4v) is 4.64. The van der Waals surface area contributed by atoms with Crippen molar-refractivity contribution in [2.24, 2.45) is 11.8 Å². The van der Waals surface area contributed by atoms with Gasteiger partial charge in [0.15, 0.2) is 0 Å². The minimum Gasteiger partial charge on any atom is -0.306 e. The molecule has 0 bridgehead atoms. The fourth-order valence-electron chi connectivity index (χ4n) is 4.64. The Morgan fingerprint density at radius 1 is 1.05 bits per heavy atom. The van der Waals surface area contributed by atoms with Gasteiger partial charge in [0.05, 0.1) is 0 Å². The maximum atomic E-state index is 2.90. The van der Waals surface area contributed by atoms with Crippen LogP contribution in [0.1, 0.15) is 58.3 Å².